The second-order valence-corrected chi connectivity index (χ2v) is 5.19. The Labute approximate surface area is 118 Å². The first-order valence-corrected chi connectivity index (χ1v) is 6.50. The molecule has 0 saturated carbocycles. The van der Waals surface area contributed by atoms with Crippen molar-refractivity contribution in [3.05, 3.63) is 11.8 Å². The molecular weight excluding hydrogens is 260 g/mol. The number of hydrogen-bond donors (Lipinski definition) is 2. The van der Waals surface area contributed by atoms with Gasteiger partial charge in [0, 0.05) is 13.1 Å². The summed E-state index contributed by atoms with van der Waals surface area (Å²) in [6.45, 7) is 7.87. The van der Waals surface area contributed by atoms with E-state index in [1.165, 1.54) is 4.90 Å². The van der Waals surface area contributed by atoms with Crippen molar-refractivity contribution in [2.24, 2.45) is 0 Å². The minimum absolute atomic E-state index is 0.0421. The Morgan fingerprint density at radius 1 is 1.45 bits per heavy atom. The van der Waals surface area contributed by atoms with Crippen molar-refractivity contribution in [3.8, 4) is 0 Å². The van der Waals surface area contributed by atoms with Gasteiger partial charge >= 0.3 is 0 Å². The lowest BCUT2D eigenvalue weighted by Crippen LogP contribution is -2.54. The van der Waals surface area contributed by atoms with Gasteiger partial charge in [-0.25, -0.2) is 0 Å². The SMILES string of the molecule is CCNC(C)(C)C(=O)N(C)CC(=O)Nc1cc(C)on1. The van der Waals surface area contributed by atoms with E-state index in [-0.39, 0.29) is 18.4 Å². The highest BCUT2D eigenvalue weighted by molar-refractivity contribution is 5.95. The van der Waals surface area contributed by atoms with E-state index >= 15 is 0 Å². The fraction of sp³-hybridized carbons (Fsp3) is 0.615. The minimum atomic E-state index is -0.700. The van der Waals surface area contributed by atoms with E-state index < -0.39 is 5.54 Å². The molecule has 0 aliphatic carbocycles. The van der Waals surface area contributed by atoms with E-state index in [2.05, 4.69) is 15.8 Å². The molecule has 7 nitrogen and oxygen atoms in total. The number of rotatable bonds is 6. The van der Waals surface area contributed by atoms with Crippen LogP contribution in [0.5, 0.6) is 0 Å². The summed E-state index contributed by atoms with van der Waals surface area (Å²) in [4.78, 5) is 25.4. The number of carbonyl (C=O) groups excluding carboxylic acids is 2. The number of likely N-dealkylation sites (N-methyl/N-ethyl adjacent to an activating group) is 2. The molecule has 1 rings (SSSR count). The Morgan fingerprint density at radius 3 is 2.60 bits per heavy atom. The van der Waals surface area contributed by atoms with Gasteiger partial charge in [0.05, 0.1) is 12.1 Å². The smallest absolute Gasteiger partial charge is 0.245 e. The van der Waals surface area contributed by atoms with Gasteiger partial charge in [-0.3, -0.25) is 9.59 Å². The number of carbonyl (C=O) groups is 2. The predicted molar refractivity (Wildman–Crippen MR) is 75.3 cm³/mol. The molecule has 1 heterocycles. The molecule has 0 bridgehead atoms. The summed E-state index contributed by atoms with van der Waals surface area (Å²) in [6, 6.07) is 1.61. The summed E-state index contributed by atoms with van der Waals surface area (Å²) in [7, 11) is 1.59. The maximum absolute atomic E-state index is 12.2. The first-order valence-electron chi connectivity index (χ1n) is 6.50. The molecule has 20 heavy (non-hydrogen) atoms. The highest BCUT2D eigenvalue weighted by atomic mass is 16.5. The van der Waals surface area contributed by atoms with Gasteiger partial charge in [0.2, 0.25) is 11.8 Å². The van der Waals surface area contributed by atoms with Crippen LogP contribution in [0.3, 0.4) is 0 Å². The first kappa shape index (κ1) is 16.2. The van der Waals surface area contributed by atoms with E-state index in [0.29, 0.717) is 18.1 Å². The molecule has 2 N–H and O–H groups in total. The molecule has 2 amide bonds. The molecule has 1 aromatic rings. The van der Waals surface area contributed by atoms with Crippen molar-refractivity contribution in [3.63, 3.8) is 0 Å². The normalized spacial score (nSPS) is 11.2. The molecule has 0 aliphatic heterocycles. The number of aryl methyl sites for hydroxylation is 1. The standard InChI is InChI=1S/C13H22N4O3/c1-6-14-13(3,4)12(19)17(5)8-11(18)15-10-7-9(2)20-16-10/h7,14H,6,8H2,1-5H3,(H,15,16,18). The van der Waals surface area contributed by atoms with E-state index in [9.17, 15) is 9.59 Å². The van der Waals surface area contributed by atoms with Gasteiger partial charge < -0.3 is 20.1 Å². The van der Waals surface area contributed by atoms with Gasteiger partial charge in [0.25, 0.3) is 0 Å². The van der Waals surface area contributed by atoms with Crippen molar-refractivity contribution in [2.45, 2.75) is 33.2 Å². The number of anilines is 1. The molecule has 0 radical (unpaired) electrons. The van der Waals surface area contributed by atoms with Crippen LogP contribution in [0.2, 0.25) is 0 Å². The average molecular weight is 282 g/mol. The number of nitrogens with zero attached hydrogens (tertiary/aromatic N) is 2. The molecule has 0 atom stereocenters. The van der Waals surface area contributed by atoms with Crippen molar-refractivity contribution >= 4 is 17.6 Å². The van der Waals surface area contributed by atoms with Gasteiger partial charge in [-0.2, -0.15) is 0 Å². The van der Waals surface area contributed by atoms with Gasteiger partial charge in [0.15, 0.2) is 5.82 Å². The summed E-state index contributed by atoms with van der Waals surface area (Å²) < 4.78 is 4.85. The average Bonchev–Trinajstić information content (AvgIpc) is 2.73. The third-order valence-electron chi connectivity index (χ3n) is 2.78. The lowest BCUT2D eigenvalue weighted by Gasteiger charge is -2.29. The van der Waals surface area contributed by atoms with Crippen LogP contribution in [0.15, 0.2) is 10.6 Å². The molecule has 1 aromatic heterocycles. The van der Waals surface area contributed by atoms with Gasteiger partial charge in [0.1, 0.15) is 5.76 Å². The van der Waals surface area contributed by atoms with Crippen LogP contribution < -0.4 is 10.6 Å². The Hall–Kier alpha value is -1.89. The third-order valence-corrected chi connectivity index (χ3v) is 2.78. The number of aromatic nitrogens is 1. The zero-order chi connectivity index (χ0) is 15.3. The first-order chi connectivity index (χ1) is 9.26. The van der Waals surface area contributed by atoms with Crippen LogP contribution in [0.25, 0.3) is 0 Å². The van der Waals surface area contributed by atoms with Crippen molar-refractivity contribution in [1.82, 2.24) is 15.4 Å². The second kappa shape index (κ2) is 6.51. The van der Waals surface area contributed by atoms with E-state index in [1.807, 2.05) is 6.92 Å². The third kappa shape index (κ3) is 4.34. The lowest BCUT2D eigenvalue weighted by atomic mass is 10.0. The summed E-state index contributed by atoms with van der Waals surface area (Å²) in [5.74, 6) is 0.490. The van der Waals surface area contributed by atoms with Gasteiger partial charge in [-0.15, -0.1) is 0 Å². The van der Waals surface area contributed by atoms with Crippen LogP contribution in [0.4, 0.5) is 5.82 Å². The van der Waals surface area contributed by atoms with Crippen molar-refractivity contribution < 1.29 is 14.1 Å². The Balaban J connectivity index is 2.55. The number of hydrogen-bond acceptors (Lipinski definition) is 5. The largest absolute Gasteiger partial charge is 0.360 e. The number of amides is 2. The van der Waals surface area contributed by atoms with E-state index in [1.54, 1.807) is 33.9 Å². The fourth-order valence-corrected chi connectivity index (χ4v) is 1.89. The molecule has 0 aromatic carbocycles. The lowest BCUT2D eigenvalue weighted by molar-refractivity contribution is -0.138. The molecule has 0 saturated heterocycles. The zero-order valence-corrected chi connectivity index (χ0v) is 12.6. The maximum Gasteiger partial charge on any atom is 0.245 e. The Bertz CT molecular complexity index is 482. The summed E-state index contributed by atoms with van der Waals surface area (Å²) >= 11 is 0. The fourth-order valence-electron chi connectivity index (χ4n) is 1.89. The van der Waals surface area contributed by atoms with E-state index in [0.717, 1.165) is 0 Å². The Kier molecular flexibility index (Phi) is 5.26. The zero-order valence-electron chi connectivity index (χ0n) is 12.6. The van der Waals surface area contributed by atoms with Gasteiger partial charge in [-0.05, 0) is 27.3 Å². The van der Waals surface area contributed by atoms with Crippen molar-refractivity contribution in [1.29, 1.82) is 0 Å². The van der Waals surface area contributed by atoms with Crippen LogP contribution in [0.1, 0.15) is 26.5 Å². The molecule has 0 aliphatic rings. The van der Waals surface area contributed by atoms with Crippen molar-refractivity contribution in [2.75, 3.05) is 25.5 Å². The summed E-state index contributed by atoms with van der Waals surface area (Å²) in [5.41, 5.74) is -0.700. The van der Waals surface area contributed by atoms with Crippen LogP contribution in [0, 0.1) is 6.92 Å². The van der Waals surface area contributed by atoms with Crippen LogP contribution >= 0.6 is 0 Å². The molecule has 112 valence electrons. The number of nitrogens with one attached hydrogen (secondary N) is 2. The van der Waals surface area contributed by atoms with E-state index in [4.69, 9.17) is 4.52 Å². The topological polar surface area (TPSA) is 87.5 Å². The highest BCUT2D eigenvalue weighted by Gasteiger charge is 2.30. The quantitative estimate of drug-likeness (QED) is 0.804. The van der Waals surface area contributed by atoms with Crippen LogP contribution in [-0.2, 0) is 9.59 Å². The molecule has 0 fully saturated rings. The molecule has 0 spiro atoms. The molecular formula is C13H22N4O3. The predicted octanol–water partition coefficient (Wildman–Crippen LogP) is 0.768. The molecule has 0 unspecified atom stereocenters. The maximum atomic E-state index is 12.2. The summed E-state index contributed by atoms with van der Waals surface area (Å²) in [5, 5.41) is 9.32. The second-order valence-electron chi connectivity index (χ2n) is 5.19. The highest BCUT2D eigenvalue weighted by Crippen LogP contribution is 2.09. The molecule has 7 heteroatoms. The van der Waals surface area contributed by atoms with Crippen LogP contribution in [-0.4, -0.2) is 47.5 Å². The Morgan fingerprint density at radius 2 is 2.10 bits per heavy atom. The minimum Gasteiger partial charge on any atom is -0.360 e. The van der Waals surface area contributed by atoms with Gasteiger partial charge in [-0.1, -0.05) is 12.1 Å². The monoisotopic (exact) mass is 282 g/mol. The summed E-state index contributed by atoms with van der Waals surface area (Å²) in [6.07, 6.45) is 0.